The molecule has 2 aromatic carbocycles. The molecule has 0 spiro atoms. The van der Waals surface area contributed by atoms with Gasteiger partial charge in [-0.05, 0) is 38.1 Å². The third kappa shape index (κ3) is 2.93. The van der Waals surface area contributed by atoms with Gasteiger partial charge in [0.25, 0.3) is 0 Å². The van der Waals surface area contributed by atoms with Gasteiger partial charge in [-0.3, -0.25) is 4.57 Å². The maximum atomic E-state index is 13.8. The molecule has 0 aliphatic rings. The lowest BCUT2D eigenvalue weighted by molar-refractivity contribution is 0.0715. The van der Waals surface area contributed by atoms with E-state index in [9.17, 15) is 8.78 Å². The molecule has 3 aromatic heterocycles. The van der Waals surface area contributed by atoms with E-state index in [0.29, 0.717) is 33.5 Å². The van der Waals surface area contributed by atoms with Gasteiger partial charge in [-0.2, -0.15) is 13.3 Å². The topological polar surface area (TPSA) is 60.9 Å². The summed E-state index contributed by atoms with van der Waals surface area (Å²) in [5.41, 5.74) is 2.44. The van der Waals surface area contributed by atoms with Gasteiger partial charge in [-0.15, -0.1) is 5.10 Å². The minimum absolute atomic E-state index is 0.297. The summed E-state index contributed by atoms with van der Waals surface area (Å²) >= 11 is 1.33. The fraction of sp³-hybridized carbons (Fsp3) is 0.200. The van der Waals surface area contributed by atoms with Gasteiger partial charge in [0, 0.05) is 5.39 Å². The summed E-state index contributed by atoms with van der Waals surface area (Å²) in [7, 11) is 0. The van der Waals surface area contributed by atoms with E-state index in [4.69, 9.17) is 4.98 Å². The van der Waals surface area contributed by atoms with Crippen LogP contribution in [0.3, 0.4) is 0 Å². The summed E-state index contributed by atoms with van der Waals surface area (Å²) in [6.07, 6.45) is 0. The SMILES string of the molecule is Cc1nc2c3ccccc3nc(S[C@H](C)c3nc4ccccc4n3C(F)F)n2n1. The Morgan fingerprint density at radius 2 is 1.66 bits per heavy atom. The fourth-order valence-corrected chi connectivity index (χ4v) is 4.44. The largest absolute Gasteiger partial charge is 0.320 e. The molecule has 0 bridgehead atoms. The maximum absolute atomic E-state index is 13.8. The molecule has 9 heteroatoms. The second-order valence-electron chi connectivity index (χ2n) is 6.67. The van der Waals surface area contributed by atoms with Crippen LogP contribution in [0, 0.1) is 6.92 Å². The highest BCUT2D eigenvalue weighted by atomic mass is 32.2. The molecule has 0 unspecified atom stereocenters. The van der Waals surface area contributed by atoms with Crippen molar-refractivity contribution in [2.45, 2.75) is 30.8 Å². The number of para-hydroxylation sites is 3. The average Bonchev–Trinajstić information content (AvgIpc) is 3.29. The Balaban J connectivity index is 1.64. The van der Waals surface area contributed by atoms with Crippen molar-refractivity contribution < 1.29 is 8.78 Å². The molecule has 6 nitrogen and oxygen atoms in total. The molecule has 0 radical (unpaired) electrons. The third-order valence-corrected chi connectivity index (χ3v) is 5.76. The van der Waals surface area contributed by atoms with E-state index >= 15 is 0 Å². The van der Waals surface area contributed by atoms with Crippen LogP contribution >= 0.6 is 11.8 Å². The van der Waals surface area contributed by atoms with Crippen LogP contribution in [-0.2, 0) is 0 Å². The first-order valence-electron chi connectivity index (χ1n) is 9.06. The van der Waals surface area contributed by atoms with Crippen LogP contribution in [0.15, 0.2) is 53.7 Å². The first-order valence-corrected chi connectivity index (χ1v) is 9.94. The molecule has 3 heterocycles. The Hall–Kier alpha value is -3.07. The molecular formula is C20H16F2N6S. The van der Waals surface area contributed by atoms with E-state index in [-0.39, 0.29) is 5.25 Å². The number of rotatable bonds is 4. The average molecular weight is 410 g/mol. The smallest absolute Gasteiger partial charge is 0.269 e. The highest BCUT2D eigenvalue weighted by molar-refractivity contribution is 7.99. The Morgan fingerprint density at radius 3 is 2.45 bits per heavy atom. The van der Waals surface area contributed by atoms with Crippen molar-refractivity contribution in [1.29, 1.82) is 0 Å². The standard InChI is InChI=1S/C20H16F2N6S/c1-11(17-24-15-9-5-6-10-16(15)27(17)19(21)22)29-20-25-14-8-4-3-7-13(14)18-23-12(2)26-28(18)20/h3-11,19H,1-2H3/t11-/m1/s1. The van der Waals surface area contributed by atoms with Crippen molar-refractivity contribution in [3.05, 3.63) is 60.2 Å². The number of alkyl halides is 2. The van der Waals surface area contributed by atoms with Crippen molar-refractivity contribution in [3.8, 4) is 0 Å². The number of fused-ring (bicyclic) bond motifs is 4. The molecule has 0 saturated heterocycles. The Bertz CT molecular complexity index is 1360. The summed E-state index contributed by atoms with van der Waals surface area (Å²) in [6, 6.07) is 14.6. The van der Waals surface area contributed by atoms with E-state index in [1.165, 1.54) is 11.8 Å². The molecule has 0 N–H and O–H groups in total. The molecule has 0 saturated carbocycles. The number of hydrogen-bond acceptors (Lipinski definition) is 5. The highest BCUT2D eigenvalue weighted by Crippen LogP contribution is 2.37. The number of imidazole rings is 1. The number of thioether (sulfide) groups is 1. The zero-order valence-electron chi connectivity index (χ0n) is 15.6. The summed E-state index contributed by atoms with van der Waals surface area (Å²) in [6.45, 7) is 0.978. The van der Waals surface area contributed by atoms with Crippen molar-refractivity contribution in [2.24, 2.45) is 0 Å². The van der Waals surface area contributed by atoms with E-state index in [2.05, 4.69) is 15.1 Å². The molecule has 1 atom stereocenters. The first kappa shape index (κ1) is 18.0. The van der Waals surface area contributed by atoms with Crippen LogP contribution in [-0.4, -0.2) is 29.1 Å². The normalized spacial score (nSPS) is 13.1. The molecule has 5 rings (SSSR count). The minimum atomic E-state index is -2.68. The monoisotopic (exact) mass is 410 g/mol. The third-order valence-electron chi connectivity index (χ3n) is 4.72. The van der Waals surface area contributed by atoms with Gasteiger partial charge in [0.05, 0.1) is 21.8 Å². The lowest BCUT2D eigenvalue weighted by Gasteiger charge is -2.14. The van der Waals surface area contributed by atoms with Crippen LogP contribution in [0.4, 0.5) is 8.78 Å². The predicted octanol–water partition coefficient (Wildman–Crippen LogP) is 5.18. The second-order valence-corrected chi connectivity index (χ2v) is 7.98. The summed E-state index contributed by atoms with van der Waals surface area (Å²) in [5.74, 6) is 0.920. The maximum Gasteiger partial charge on any atom is 0.320 e. The van der Waals surface area contributed by atoms with Crippen LogP contribution in [0.5, 0.6) is 0 Å². The van der Waals surface area contributed by atoms with Gasteiger partial charge in [0.1, 0.15) is 11.6 Å². The van der Waals surface area contributed by atoms with Crippen molar-refractivity contribution in [2.75, 3.05) is 0 Å². The number of aryl methyl sites for hydroxylation is 1. The van der Waals surface area contributed by atoms with Crippen LogP contribution in [0.1, 0.15) is 30.4 Å². The van der Waals surface area contributed by atoms with Gasteiger partial charge in [-0.1, -0.05) is 36.0 Å². The number of halogens is 2. The van der Waals surface area contributed by atoms with Crippen LogP contribution in [0.25, 0.3) is 27.6 Å². The van der Waals surface area contributed by atoms with E-state index in [1.807, 2.05) is 38.1 Å². The van der Waals surface area contributed by atoms with Crippen LogP contribution < -0.4 is 0 Å². The fourth-order valence-electron chi connectivity index (χ4n) is 3.48. The number of aromatic nitrogens is 6. The van der Waals surface area contributed by atoms with Gasteiger partial charge in [-0.25, -0.2) is 15.0 Å². The molecule has 0 aliphatic heterocycles. The lowest BCUT2D eigenvalue weighted by atomic mass is 10.2. The quantitative estimate of drug-likeness (QED) is 0.302. The van der Waals surface area contributed by atoms with Gasteiger partial charge in [0.2, 0.25) is 0 Å². The molecule has 0 aliphatic carbocycles. The summed E-state index contributed by atoms with van der Waals surface area (Å²) in [5, 5.41) is 5.56. The van der Waals surface area contributed by atoms with Crippen molar-refractivity contribution >= 4 is 39.3 Å². The highest BCUT2D eigenvalue weighted by Gasteiger charge is 2.24. The van der Waals surface area contributed by atoms with E-state index in [0.717, 1.165) is 15.5 Å². The Morgan fingerprint density at radius 1 is 0.931 bits per heavy atom. The Labute approximate surface area is 168 Å². The van der Waals surface area contributed by atoms with E-state index in [1.54, 1.807) is 28.8 Å². The van der Waals surface area contributed by atoms with Gasteiger partial charge >= 0.3 is 6.55 Å². The molecule has 5 aromatic rings. The second kappa shape index (κ2) is 6.77. The molecule has 0 amide bonds. The lowest BCUT2D eigenvalue weighted by Crippen LogP contribution is -2.07. The van der Waals surface area contributed by atoms with Gasteiger partial charge in [0.15, 0.2) is 10.8 Å². The zero-order valence-corrected chi connectivity index (χ0v) is 16.4. The van der Waals surface area contributed by atoms with E-state index < -0.39 is 6.55 Å². The van der Waals surface area contributed by atoms with Gasteiger partial charge < -0.3 is 0 Å². The molecule has 29 heavy (non-hydrogen) atoms. The molecule has 146 valence electrons. The summed E-state index contributed by atoms with van der Waals surface area (Å²) in [4.78, 5) is 13.7. The molecule has 0 fully saturated rings. The van der Waals surface area contributed by atoms with Crippen molar-refractivity contribution in [3.63, 3.8) is 0 Å². The number of nitrogens with zero attached hydrogens (tertiary/aromatic N) is 6. The predicted molar refractivity (Wildman–Crippen MR) is 108 cm³/mol. The number of benzene rings is 2. The number of hydrogen-bond donors (Lipinski definition) is 0. The Kier molecular flexibility index (Phi) is 4.20. The van der Waals surface area contributed by atoms with Crippen LogP contribution in [0.2, 0.25) is 0 Å². The molecular weight excluding hydrogens is 394 g/mol. The zero-order chi connectivity index (χ0) is 20.1. The summed E-state index contributed by atoms with van der Waals surface area (Å²) < 4.78 is 30.3. The minimum Gasteiger partial charge on any atom is -0.269 e. The van der Waals surface area contributed by atoms with Crippen molar-refractivity contribution in [1.82, 2.24) is 29.1 Å². The first-order chi connectivity index (χ1) is 14.0.